The zero-order valence-electron chi connectivity index (χ0n) is 9.99. The van der Waals surface area contributed by atoms with Crippen LogP contribution in [0, 0.1) is 0 Å². The van der Waals surface area contributed by atoms with Gasteiger partial charge in [-0.1, -0.05) is 6.07 Å². The van der Waals surface area contributed by atoms with Crippen LogP contribution < -0.4 is 10.2 Å². The number of amides is 2. The standard InChI is InChI=1S/C11H11N3O5/c1-19-10(17)7-5-14(11(18)13-7)8-4-2-3-6(12-8)9(15)16/h2-4,7H,5H2,1H3,(H,13,18)(H,15,16). The van der Waals surface area contributed by atoms with Crippen molar-refractivity contribution in [3.8, 4) is 0 Å². The predicted octanol–water partition coefficient (Wildman–Crippen LogP) is -0.149. The molecule has 2 heterocycles. The van der Waals surface area contributed by atoms with Gasteiger partial charge in [-0.25, -0.2) is 19.4 Å². The largest absolute Gasteiger partial charge is 0.477 e. The zero-order chi connectivity index (χ0) is 14.0. The second kappa shape index (κ2) is 4.92. The minimum absolute atomic E-state index is 0.0432. The Labute approximate surface area is 108 Å². The molecular weight excluding hydrogens is 254 g/mol. The van der Waals surface area contributed by atoms with Crippen molar-refractivity contribution in [3.05, 3.63) is 23.9 Å². The molecule has 0 radical (unpaired) electrons. The summed E-state index contributed by atoms with van der Waals surface area (Å²) in [6, 6.07) is 2.98. The molecule has 19 heavy (non-hydrogen) atoms. The number of ether oxygens (including phenoxy) is 1. The van der Waals surface area contributed by atoms with Crippen LogP contribution in [0.1, 0.15) is 10.5 Å². The summed E-state index contributed by atoms with van der Waals surface area (Å²) in [5.74, 6) is -1.58. The molecule has 0 aromatic carbocycles. The van der Waals surface area contributed by atoms with E-state index in [9.17, 15) is 14.4 Å². The molecule has 0 spiro atoms. The van der Waals surface area contributed by atoms with Crippen LogP contribution in [0.5, 0.6) is 0 Å². The Kier molecular flexibility index (Phi) is 3.32. The molecule has 0 bridgehead atoms. The summed E-state index contributed by atoms with van der Waals surface area (Å²) in [4.78, 5) is 38.9. The fourth-order valence-electron chi connectivity index (χ4n) is 1.70. The lowest BCUT2D eigenvalue weighted by Crippen LogP contribution is -2.35. The third-order valence-corrected chi connectivity index (χ3v) is 2.62. The first-order valence-electron chi connectivity index (χ1n) is 5.39. The number of aromatic carboxylic acids is 1. The number of carboxylic acids is 1. The van der Waals surface area contributed by atoms with Crippen molar-refractivity contribution in [1.82, 2.24) is 10.3 Å². The highest BCUT2D eigenvalue weighted by Gasteiger charge is 2.35. The number of hydrogen-bond acceptors (Lipinski definition) is 5. The molecule has 8 heteroatoms. The molecule has 0 aliphatic carbocycles. The van der Waals surface area contributed by atoms with Gasteiger partial charge < -0.3 is 15.2 Å². The Hall–Kier alpha value is -2.64. The first-order chi connectivity index (χ1) is 9.02. The number of methoxy groups -OCH3 is 1. The lowest BCUT2D eigenvalue weighted by molar-refractivity contribution is -0.142. The van der Waals surface area contributed by atoms with Crippen molar-refractivity contribution >= 4 is 23.8 Å². The topological polar surface area (TPSA) is 109 Å². The van der Waals surface area contributed by atoms with E-state index in [0.29, 0.717) is 0 Å². The van der Waals surface area contributed by atoms with E-state index in [1.165, 1.54) is 30.2 Å². The van der Waals surface area contributed by atoms with Gasteiger partial charge in [0.25, 0.3) is 0 Å². The summed E-state index contributed by atoms with van der Waals surface area (Å²) >= 11 is 0. The highest BCUT2D eigenvalue weighted by atomic mass is 16.5. The van der Waals surface area contributed by atoms with Crippen LogP contribution in [-0.2, 0) is 9.53 Å². The van der Waals surface area contributed by atoms with Gasteiger partial charge in [0.1, 0.15) is 11.9 Å². The number of rotatable bonds is 3. The van der Waals surface area contributed by atoms with Crippen LogP contribution in [0.3, 0.4) is 0 Å². The molecule has 1 unspecified atom stereocenters. The number of nitrogens with zero attached hydrogens (tertiary/aromatic N) is 2. The lowest BCUT2D eigenvalue weighted by Gasteiger charge is -2.13. The minimum Gasteiger partial charge on any atom is -0.477 e. The van der Waals surface area contributed by atoms with Gasteiger partial charge in [0, 0.05) is 0 Å². The summed E-state index contributed by atoms with van der Waals surface area (Å²) in [6.45, 7) is 0.0432. The number of carbonyl (C=O) groups is 3. The average molecular weight is 265 g/mol. The van der Waals surface area contributed by atoms with Crippen molar-refractivity contribution < 1.29 is 24.2 Å². The molecule has 2 amide bonds. The summed E-state index contributed by atoms with van der Waals surface area (Å²) in [7, 11) is 1.22. The van der Waals surface area contributed by atoms with Gasteiger partial charge in [-0.2, -0.15) is 0 Å². The van der Waals surface area contributed by atoms with Crippen LogP contribution in [0.4, 0.5) is 10.6 Å². The fraction of sp³-hybridized carbons (Fsp3) is 0.273. The van der Waals surface area contributed by atoms with Crippen molar-refractivity contribution in [3.63, 3.8) is 0 Å². The predicted molar refractivity (Wildman–Crippen MR) is 62.9 cm³/mol. The van der Waals surface area contributed by atoms with Crippen molar-refractivity contribution in [2.75, 3.05) is 18.6 Å². The van der Waals surface area contributed by atoms with Gasteiger partial charge in [-0.3, -0.25) is 4.90 Å². The number of pyridine rings is 1. The van der Waals surface area contributed by atoms with Crippen molar-refractivity contribution in [2.45, 2.75) is 6.04 Å². The normalized spacial score (nSPS) is 18.1. The third-order valence-electron chi connectivity index (χ3n) is 2.62. The fourth-order valence-corrected chi connectivity index (χ4v) is 1.70. The zero-order valence-corrected chi connectivity index (χ0v) is 9.99. The number of esters is 1. The number of aromatic nitrogens is 1. The Morgan fingerprint density at radius 2 is 2.26 bits per heavy atom. The van der Waals surface area contributed by atoms with Gasteiger partial charge in [-0.05, 0) is 12.1 Å². The van der Waals surface area contributed by atoms with Crippen LogP contribution in [0.25, 0.3) is 0 Å². The highest BCUT2D eigenvalue weighted by Crippen LogP contribution is 2.16. The van der Waals surface area contributed by atoms with E-state index in [1.54, 1.807) is 0 Å². The second-order valence-electron chi connectivity index (χ2n) is 3.82. The van der Waals surface area contributed by atoms with E-state index in [2.05, 4.69) is 15.0 Å². The molecule has 1 saturated heterocycles. The molecule has 1 aromatic heterocycles. The molecule has 1 aliphatic heterocycles. The minimum atomic E-state index is -1.19. The Bertz CT molecular complexity index is 545. The van der Waals surface area contributed by atoms with Crippen LogP contribution in [-0.4, -0.2) is 47.8 Å². The van der Waals surface area contributed by atoms with Gasteiger partial charge >= 0.3 is 18.0 Å². The molecule has 1 aromatic rings. The first kappa shape index (κ1) is 12.8. The molecule has 100 valence electrons. The van der Waals surface area contributed by atoms with Gasteiger partial charge in [0.2, 0.25) is 0 Å². The molecule has 2 rings (SSSR count). The first-order valence-corrected chi connectivity index (χ1v) is 5.39. The highest BCUT2D eigenvalue weighted by molar-refractivity contribution is 5.98. The Morgan fingerprint density at radius 1 is 1.53 bits per heavy atom. The number of urea groups is 1. The van der Waals surface area contributed by atoms with Gasteiger partial charge in [0.15, 0.2) is 5.69 Å². The summed E-state index contributed by atoms with van der Waals surface area (Å²) in [5, 5.41) is 11.3. The van der Waals surface area contributed by atoms with E-state index in [-0.39, 0.29) is 18.1 Å². The number of hydrogen-bond donors (Lipinski definition) is 2. The average Bonchev–Trinajstić information content (AvgIpc) is 2.80. The molecule has 1 aliphatic rings. The van der Waals surface area contributed by atoms with E-state index in [1.807, 2.05) is 0 Å². The van der Waals surface area contributed by atoms with E-state index >= 15 is 0 Å². The van der Waals surface area contributed by atoms with Crippen molar-refractivity contribution in [2.24, 2.45) is 0 Å². The van der Waals surface area contributed by atoms with Gasteiger partial charge in [-0.15, -0.1) is 0 Å². The maximum Gasteiger partial charge on any atom is 0.354 e. The molecule has 8 nitrogen and oxygen atoms in total. The molecular formula is C11H11N3O5. The maximum absolute atomic E-state index is 11.7. The second-order valence-corrected chi connectivity index (χ2v) is 3.82. The number of nitrogens with one attached hydrogen (secondary N) is 1. The molecule has 1 atom stereocenters. The number of anilines is 1. The third kappa shape index (κ3) is 2.46. The molecule has 2 N–H and O–H groups in total. The molecule has 0 saturated carbocycles. The lowest BCUT2D eigenvalue weighted by atomic mass is 10.3. The Balaban J connectivity index is 2.23. The molecule has 1 fully saturated rings. The Morgan fingerprint density at radius 3 is 2.89 bits per heavy atom. The summed E-state index contributed by atoms with van der Waals surface area (Å²) in [5.41, 5.74) is -0.174. The smallest absolute Gasteiger partial charge is 0.354 e. The van der Waals surface area contributed by atoms with Crippen LogP contribution >= 0.6 is 0 Å². The van der Waals surface area contributed by atoms with E-state index < -0.39 is 24.0 Å². The van der Waals surface area contributed by atoms with Gasteiger partial charge in [0.05, 0.1) is 13.7 Å². The van der Waals surface area contributed by atoms with Crippen LogP contribution in [0.15, 0.2) is 18.2 Å². The van der Waals surface area contributed by atoms with Crippen molar-refractivity contribution in [1.29, 1.82) is 0 Å². The van der Waals surface area contributed by atoms with E-state index in [0.717, 1.165) is 0 Å². The van der Waals surface area contributed by atoms with E-state index in [4.69, 9.17) is 5.11 Å². The number of carboxylic acid groups (broad SMARTS) is 1. The summed E-state index contributed by atoms with van der Waals surface area (Å²) in [6.07, 6.45) is 0. The monoisotopic (exact) mass is 265 g/mol. The SMILES string of the molecule is COC(=O)C1CN(c2cccc(C(=O)O)n2)C(=O)N1. The number of carbonyl (C=O) groups excluding carboxylic acids is 2. The quantitative estimate of drug-likeness (QED) is 0.736. The maximum atomic E-state index is 11.7. The summed E-state index contributed by atoms with van der Waals surface area (Å²) < 4.78 is 4.53. The van der Waals surface area contributed by atoms with Crippen LogP contribution in [0.2, 0.25) is 0 Å².